The van der Waals surface area contributed by atoms with Gasteiger partial charge in [-0.3, -0.25) is 9.59 Å². The van der Waals surface area contributed by atoms with Crippen LogP contribution in [0.4, 0.5) is 0 Å². The number of benzene rings is 1. The lowest BCUT2D eigenvalue weighted by atomic mass is 9.63. The van der Waals surface area contributed by atoms with Crippen LogP contribution in [0.25, 0.3) is 0 Å². The van der Waals surface area contributed by atoms with E-state index in [1.54, 1.807) is 4.90 Å². The lowest BCUT2D eigenvalue weighted by Gasteiger charge is -2.55. The van der Waals surface area contributed by atoms with E-state index in [1.165, 1.54) is 7.11 Å². The molecule has 1 aliphatic rings. The van der Waals surface area contributed by atoms with Crippen molar-refractivity contribution in [2.24, 2.45) is 23.2 Å². The number of ether oxygens (including phenoxy) is 1. The maximum atomic E-state index is 13.3. The molecule has 0 bridgehead atoms. The number of rotatable bonds is 9. The number of nitrogens with zero attached hydrogens (tertiary/aromatic N) is 1. The number of hydrogen-bond donors (Lipinski definition) is 0. The molecule has 1 aromatic rings. The molecule has 1 heterocycles. The van der Waals surface area contributed by atoms with Gasteiger partial charge in [0.25, 0.3) is 0 Å². The Kier molecular flexibility index (Phi) is 8.36. The second-order valence-electron chi connectivity index (χ2n) is 9.43. The quantitative estimate of drug-likeness (QED) is 0.189. The van der Waals surface area contributed by atoms with E-state index in [1.807, 2.05) is 30.3 Å². The normalized spacial score (nSPS) is 21.2. The summed E-state index contributed by atoms with van der Waals surface area (Å²) in [7, 11) is 0.114. The fraction of sp³-hybridized carbons (Fsp3) is 0.609. The minimum Gasteiger partial charge on any atom is -0.468 e. The first kappa shape index (κ1) is 24.7. The molecule has 0 aliphatic carbocycles. The van der Waals surface area contributed by atoms with Gasteiger partial charge in [-0.15, -0.1) is 0 Å². The number of likely N-dealkylation sites (tertiary alicyclic amines) is 1. The van der Waals surface area contributed by atoms with E-state index in [0.29, 0.717) is 6.61 Å². The summed E-state index contributed by atoms with van der Waals surface area (Å²) < 4.78 is 10.9. The van der Waals surface area contributed by atoms with Crippen molar-refractivity contribution in [3.05, 3.63) is 35.9 Å². The molecule has 0 N–H and O–H groups in total. The van der Waals surface area contributed by atoms with Crippen LogP contribution in [0.15, 0.2) is 30.3 Å². The number of amides is 1. The van der Waals surface area contributed by atoms with Crippen LogP contribution in [-0.2, 0) is 18.8 Å². The molecule has 0 spiro atoms. The predicted octanol–water partition coefficient (Wildman–Crippen LogP) is 3.70. The molecular formula is C23H35NO4SSi. The van der Waals surface area contributed by atoms with Crippen LogP contribution >= 0.6 is 12.2 Å². The predicted molar refractivity (Wildman–Crippen MR) is 126 cm³/mol. The monoisotopic (exact) mass is 449 g/mol. The zero-order chi connectivity index (χ0) is 22.6. The van der Waals surface area contributed by atoms with Crippen molar-refractivity contribution in [2.75, 3.05) is 20.3 Å². The first-order valence-electron chi connectivity index (χ1n) is 10.6. The Morgan fingerprint density at radius 3 is 2.33 bits per heavy atom. The standard InChI is InChI=1S/C23H35NO4SSi/c1-15(21(29)16-11-9-8-10-12-16)20-19(22(26)24(20)13-18(25)27-5)17(23(2,3)4)14-28-30(6)7/h8-12,15,17,19-20,30H,13-14H2,1-7H3/t15-,17+,19-,20+/m0/s1. The number of esters is 1. The third-order valence-electron chi connectivity index (χ3n) is 5.96. The molecule has 30 heavy (non-hydrogen) atoms. The Hall–Kier alpha value is -1.57. The summed E-state index contributed by atoms with van der Waals surface area (Å²) in [6.45, 7) is 13.3. The van der Waals surface area contributed by atoms with Gasteiger partial charge in [0.15, 0.2) is 9.04 Å². The maximum Gasteiger partial charge on any atom is 0.325 e. The van der Waals surface area contributed by atoms with Gasteiger partial charge < -0.3 is 14.1 Å². The molecule has 1 amide bonds. The van der Waals surface area contributed by atoms with Gasteiger partial charge in [-0.25, -0.2) is 0 Å². The highest BCUT2D eigenvalue weighted by Crippen LogP contribution is 2.45. The molecule has 1 aromatic carbocycles. The molecule has 0 aromatic heterocycles. The van der Waals surface area contributed by atoms with Crippen molar-refractivity contribution >= 4 is 38.0 Å². The third kappa shape index (κ3) is 5.56. The van der Waals surface area contributed by atoms with Crippen molar-refractivity contribution in [3.8, 4) is 0 Å². The van der Waals surface area contributed by atoms with Crippen molar-refractivity contribution in [1.82, 2.24) is 4.90 Å². The molecule has 166 valence electrons. The molecule has 7 heteroatoms. The molecule has 0 saturated carbocycles. The minimum absolute atomic E-state index is 0.0120. The smallest absolute Gasteiger partial charge is 0.325 e. The number of hydrogen-bond acceptors (Lipinski definition) is 5. The van der Waals surface area contributed by atoms with Crippen LogP contribution in [0.1, 0.15) is 33.3 Å². The largest absolute Gasteiger partial charge is 0.468 e. The first-order chi connectivity index (χ1) is 14.0. The molecule has 4 atom stereocenters. The molecule has 1 fully saturated rings. The van der Waals surface area contributed by atoms with Gasteiger partial charge in [-0.2, -0.15) is 0 Å². The SMILES string of the molecule is COC(=O)CN1C(=O)[C@@H]([C@@H](CO[SiH](C)C)C(C)(C)C)[C@H]1[C@H](C)C(=S)c1ccccc1. The van der Waals surface area contributed by atoms with Gasteiger partial charge in [-0.1, -0.05) is 70.2 Å². The van der Waals surface area contributed by atoms with E-state index < -0.39 is 15.0 Å². The summed E-state index contributed by atoms with van der Waals surface area (Å²) >= 11 is 5.81. The first-order valence-corrected chi connectivity index (χ1v) is 13.8. The molecule has 1 saturated heterocycles. The fourth-order valence-electron chi connectivity index (χ4n) is 4.18. The summed E-state index contributed by atoms with van der Waals surface area (Å²) in [6, 6.07) is 9.71. The van der Waals surface area contributed by atoms with Gasteiger partial charge in [0.2, 0.25) is 5.91 Å². The average Bonchev–Trinajstić information content (AvgIpc) is 2.70. The van der Waals surface area contributed by atoms with E-state index in [9.17, 15) is 9.59 Å². The lowest BCUT2D eigenvalue weighted by molar-refractivity contribution is -0.173. The molecule has 1 aliphatic heterocycles. The Bertz CT molecular complexity index is 762. The topological polar surface area (TPSA) is 55.8 Å². The minimum atomic E-state index is -1.23. The Balaban J connectivity index is 2.37. The maximum absolute atomic E-state index is 13.3. The number of methoxy groups -OCH3 is 1. The zero-order valence-corrected chi connectivity index (χ0v) is 21.1. The van der Waals surface area contributed by atoms with E-state index in [0.717, 1.165) is 10.4 Å². The molecule has 0 unspecified atom stereocenters. The highest BCUT2D eigenvalue weighted by molar-refractivity contribution is 7.80. The van der Waals surface area contributed by atoms with Gasteiger partial charge in [-0.05, 0) is 30.0 Å². The van der Waals surface area contributed by atoms with Gasteiger partial charge in [0.1, 0.15) is 6.54 Å². The van der Waals surface area contributed by atoms with Crippen LogP contribution in [0.2, 0.25) is 13.1 Å². The zero-order valence-electron chi connectivity index (χ0n) is 19.2. The number of thiocarbonyl (C=S) groups is 1. The van der Waals surface area contributed by atoms with Crippen LogP contribution in [0, 0.1) is 23.2 Å². The summed E-state index contributed by atoms with van der Waals surface area (Å²) in [4.78, 5) is 27.7. The molecular weight excluding hydrogens is 414 g/mol. The summed E-state index contributed by atoms with van der Waals surface area (Å²) in [5.41, 5.74) is 0.863. The van der Waals surface area contributed by atoms with Crippen molar-refractivity contribution in [3.63, 3.8) is 0 Å². The number of carbonyl (C=O) groups is 2. The van der Waals surface area contributed by atoms with Crippen LogP contribution in [-0.4, -0.2) is 57.0 Å². The number of carbonyl (C=O) groups excluding carboxylic acids is 2. The summed E-state index contributed by atoms with van der Waals surface area (Å²) in [5, 5.41) is 0. The summed E-state index contributed by atoms with van der Waals surface area (Å²) in [5.74, 6) is -0.695. The van der Waals surface area contributed by atoms with Crippen LogP contribution < -0.4 is 0 Å². The third-order valence-corrected chi connectivity index (χ3v) is 7.43. The van der Waals surface area contributed by atoms with Crippen LogP contribution in [0.5, 0.6) is 0 Å². The molecule has 5 nitrogen and oxygen atoms in total. The highest BCUT2D eigenvalue weighted by atomic mass is 32.1. The Labute approximate surface area is 187 Å². The van der Waals surface area contributed by atoms with E-state index in [4.69, 9.17) is 21.4 Å². The Morgan fingerprint density at radius 1 is 1.23 bits per heavy atom. The van der Waals surface area contributed by atoms with Crippen molar-refractivity contribution in [2.45, 2.75) is 46.8 Å². The van der Waals surface area contributed by atoms with Gasteiger partial charge in [0.05, 0.1) is 19.1 Å². The average molecular weight is 450 g/mol. The molecule has 2 rings (SSSR count). The second kappa shape index (κ2) is 10.2. The second-order valence-corrected chi connectivity index (χ2v) is 12.3. The number of β-lactam (4-membered cyclic amide) rings is 1. The van der Waals surface area contributed by atoms with E-state index >= 15 is 0 Å². The molecule has 0 radical (unpaired) electrons. The van der Waals surface area contributed by atoms with Gasteiger partial charge in [0, 0.05) is 17.4 Å². The Morgan fingerprint density at radius 2 is 1.83 bits per heavy atom. The van der Waals surface area contributed by atoms with E-state index in [2.05, 4.69) is 40.8 Å². The highest BCUT2D eigenvalue weighted by Gasteiger charge is 2.56. The van der Waals surface area contributed by atoms with Crippen molar-refractivity contribution < 1.29 is 18.8 Å². The van der Waals surface area contributed by atoms with Gasteiger partial charge >= 0.3 is 5.97 Å². The summed E-state index contributed by atoms with van der Waals surface area (Å²) in [6.07, 6.45) is 0. The fourth-order valence-corrected chi connectivity index (χ4v) is 5.05. The lowest BCUT2D eigenvalue weighted by Crippen LogP contribution is -2.69. The van der Waals surface area contributed by atoms with Crippen molar-refractivity contribution in [1.29, 1.82) is 0 Å². The van der Waals surface area contributed by atoms with E-state index in [-0.39, 0.29) is 41.7 Å². The van der Waals surface area contributed by atoms with Crippen LogP contribution in [0.3, 0.4) is 0 Å².